The number of anilines is 1. The molecule has 7 heteroatoms. The molecule has 0 aliphatic rings. The van der Waals surface area contributed by atoms with E-state index >= 15 is 0 Å². The van der Waals surface area contributed by atoms with E-state index < -0.39 is 0 Å². The number of halogens is 3. The summed E-state index contributed by atoms with van der Waals surface area (Å²) in [4.78, 5) is 0. The molecule has 108 valence electrons. The second kappa shape index (κ2) is 5.97. The summed E-state index contributed by atoms with van der Waals surface area (Å²) in [5.74, 6) is 0. The Balaban J connectivity index is 2.00. The Bertz CT molecular complexity index is 803. The lowest BCUT2D eigenvalue weighted by molar-refractivity contribution is 0.887. The molecule has 1 unspecified atom stereocenters. The van der Waals surface area contributed by atoms with E-state index in [0.717, 1.165) is 34.0 Å². The van der Waals surface area contributed by atoms with E-state index in [1.165, 1.54) is 0 Å². The zero-order valence-corrected chi connectivity index (χ0v) is 14.0. The number of nitrogens with zero attached hydrogens (tertiary/aromatic N) is 2. The summed E-state index contributed by atoms with van der Waals surface area (Å²) in [6.07, 6.45) is 0. The van der Waals surface area contributed by atoms with Crippen LogP contribution >= 0.6 is 46.5 Å². The Kier molecular flexibility index (Phi) is 4.22. The Morgan fingerprint density at radius 3 is 2.62 bits per heavy atom. The highest BCUT2D eigenvalue weighted by atomic mass is 35.5. The van der Waals surface area contributed by atoms with Crippen molar-refractivity contribution in [2.75, 3.05) is 5.32 Å². The third kappa shape index (κ3) is 2.94. The van der Waals surface area contributed by atoms with Gasteiger partial charge < -0.3 is 5.32 Å². The maximum absolute atomic E-state index is 6.28. The molecule has 3 aromatic rings. The molecule has 0 amide bonds. The van der Waals surface area contributed by atoms with E-state index in [2.05, 4.69) is 14.1 Å². The minimum absolute atomic E-state index is 0.0685. The molecule has 1 N–H and O–H groups in total. The predicted octanol–water partition coefficient (Wildman–Crippen LogP) is 5.82. The van der Waals surface area contributed by atoms with Gasteiger partial charge in [0.25, 0.3) is 0 Å². The van der Waals surface area contributed by atoms with Crippen molar-refractivity contribution in [1.29, 1.82) is 0 Å². The smallest absolute Gasteiger partial charge is 0.129 e. The summed E-state index contributed by atoms with van der Waals surface area (Å²) >= 11 is 19.7. The molecule has 0 saturated heterocycles. The van der Waals surface area contributed by atoms with E-state index in [1.807, 2.05) is 19.1 Å². The zero-order chi connectivity index (χ0) is 15.0. The van der Waals surface area contributed by atoms with Gasteiger partial charge in [0.05, 0.1) is 28.5 Å². The fraction of sp³-hybridized carbons (Fsp3) is 0.143. The Hall–Kier alpha value is -1.07. The van der Waals surface area contributed by atoms with Gasteiger partial charge in [-0.25, -0.2) is 0 Å². The SMILES string of the molecule is CC(Nc1c(Cl)ccc2nsnc12)c1cc(Cl)ccc1Cl. The van der Waals surface area contributed by atoms with Crippen LogP contribution < -0.4 is 5.32 Å². The molecule has 0 radical (unpaired) electrons. The molecule has 0 aliphatic heterocycles. The molecule has 1 atom stereocenters. The monoisotopic (exact) mass is 357 g/mol. The summed E-state index contributed by atoms with van der Waals surface area (Å²) in [6, 6.07) is 8.97. The molecule has 0 bridgehead atoms. The first-order valence-corrected chi connectivity index (χ1v) is 8.05. The van der Waals surface area contributed by atoms with Gasteiger partial charge in [0.1, 0.15) is 11.0 Å². The van der Waals surface area contributed by atoms with Crippen molar-refractivity contribution in [3.05, 3.63) is 51.0 Å². The van der Waals surface area contributed by atoms with Gasteiger partial charge >= 0.3 is 0 Å². The standard InChI is InChI=1S/C14H10Cl3N3S/c1-7(9-6-8(15)2-3-10(9)16)18-13-11(17)4-5-12-14(13)20-21-19-12/h2-7,18H,1H3. The van der Waals surface area contributed by atoms with E-state index in [0.29, 0.717) is 15.1 Å². The first kappa shape index (κ1) is 14.9. The highest BCUT2D eigenvalue weighted by Gasteiger charge is 2.15. The third-order valence-corrected chi connectivity index (χ3v) is 4.60. The first-order chi connectivity index (χ1) is 10.1. The van der Waals surface area contributed by atoms with Gasteiger partial charge in [-0.3, -0.25) is 0 Å². The van der Waals surface area contributed by atoms with Crippen LogP contribution in [0.25, 0.3) is 11.0 Å². The van der Waals surface area contributed by atoms with E-state index in [9.17, 15) is 0 Å². The fourth-order valence-electron chi connectivity index (χ4n) is 2.10. The summed E-state index contributed by atoms with van der Waals surface area (Å²) in [6.45, 7) is 1.99. The Labute approximate surface area is 141 Å². The van der Waals surface area contributed by atoms with Crippen LogP contribution in [0.1, 0.15) is 18.5 Å². The average molecular weight is 359 g/mol. The van der Waals surface area contributed by atoms with E-state index in [4.69, 9.17) is 34.8 Å². The summed E-state index contributed by atoms with van der Waals surface area (Å²) < 4.78 is 8.51. The second-order valence-corrected chi connectivity index (χ2v) is 6.37. The van der Waals surface area contributed by atoms with E-state index in [1.54, 1.807) is 18.2 Å². The lowest BCUT2D eigenvalue weighted by Crippen LogP contribution is -2.08. The Morgan fingerprint density at radius 2 is 1.81 bits per heavy atom. The van der Waals surface area contributed by atoms with Crippen LogP contribution in [0.3, 0.4) is 0 Å². The van der Waals surface area contributed by atoms with E-state index in [-0.39, 0.29) is 6.04 Å². The van der Waals surface area contributed by atoms with Crippen molar-refractivity contribution in [3.8, 4) is 0 Å². The number of aromatic nitrogens is 2. The summed E-state index contributed by atoms with van der Waals surface area (Å²) in [7, 11) is 0. The molecule has 0 saturated carbocycles. The van der Waals surface area contributed by atoms with Crippen molar-refractivity contribution in [1.82, 2.24) is 8.75 Å². The molecule has 2 aromatic carbocycles. The molecule has 1 aromatic heterocycles. The Morgan fingerprint density at radius 1 is 1.05 bits per heavy atom. The number of hydrogen-bond donors (Lipinski definition) is 1. The fourth-order valence-corrected chi connectivity index (χ4v) is 3.32. The van der Waals surface area contributed by atoms with Gasteiger partial charge in [-0.1, -0.05) is 34.8 Å². The maximum Gasteiger partial charge on any atom is 0.129 e. The van der Waals surface area contributed by atoms with Gasteiger partial charge in [0.15, 0.2) is 0 Å². The molecule has 0 aliphatic carbocycles. The number of fused-ring (bicyclic) bond motifs is 1. The van der Waals surface area contributed by atoms with Crippen LogP contribution in [0, 0.1) is 0 Å². The van der Waals surface area contributed by atoms with Crippen LogP contribution in [0.4, 0.5) is 5.69 Å². The third-order valence-electron chi connectivity index (χ3n) is 3.16. The van der Waals surface area contributed by atoms with Crippen LogP contribution in [-0.2, 0) is 0 Å². The van der Waals surface area contributed by atoms with Crippen LogP contribution in [0.5, 0.6) is 0 Å². The minimum Gasteiger partial charge on any atom is -0.375 e. The minimum atomic E-state index is -0.0685. The molecule has 3 rings (SSSR count). The number of nitrogens with one attached hydrogen (secondary N) is 1. The van der Waals surface area contributed by atoms with Crippen molar-refractivity contribution < 1.29 is 0 Å². The van der Waals surface area contributed by atoms with Crippen LogP contribution in [0.15, 0.2) is 30.3 Å². The van der Waals surface area contributed by atoms with Gasteiger partial charge in [-0.15, -0.1) is 0 Å². The molecule has 21 heavy (non-hydrogen) atoms. The lowest BCUT2D eigenvalue weighted by Gasteiger charge is -2.18. The van der Waals surface area contributed by atoms with Gasteiger partial charge in [0, 0.05) is 10.0 Å². The van der Waals surface area contributed by atoms with Gasteiger partial charge in [-0.05, 0) is 42.8 Å². The normalized spacial score (nSPS) is 12.6. The topological polar surface area (TPSA) is 37.8 Å². The maximum atomic E-state index is 6.28. The molecule has 3 nitrogen and oxygen atoms in total. The first-order valence-electron chi connectivity index (χ1n) is 6.18. The van der Waals surface area contributed by atoms with Crippen molar-refractivity contribution in [3.63, 3.8) is 0 Å². The average Bonchev–Trinajstić information content (AvgIpc) is 2.93. The van der Waals surface area contributed by atoms with Crippen LogP contribution in [-0.4, -0.2) is 8.75 Å². The second-order valence-electron chi connectivity index (χ2n) is 4.59. The molecule has 1 heterocycles. The molecule has 0 spiro atoms. The number of benzene rings is 2. The van der Waals surface area contributed by atoms with Crippen molar-refractivity contribution >= 4 is 63.3 Å². The summed E-state index contributed by atoms with van der Waals surface area (Å²) in [5, 5.41) is 5.24. The van der Waals surface area contributed by atoms with Crippen molar-refractivity contribution in [2.24, 2.45) is 0 Å². The van der Waals surface area contributed by atoms with Crippen LogP contribution in [0.2, 0.25) is 15.1 Å². The highest BCUT2D eigenvalue weighted by Crippen LogP contribution is 2.34. The zero-order valence-electron chi connectivity index (χ0n) is 10.9. The molecular weight excluding hydrogens is 349 g/mol. The molecule has 0 fully saturated rings. The number of hydrogen-bond acceptors (Lipinski definition) is 4. The van der Waals surface area contributed by atoms with Gasteiger partial charge in [-0.2, -0.15) is 8.75 Å². The predicted molar refractivity (Wildman–Crippen MR) is 90.9 cm³/mol. The van der Waals surface area contributed by atoms with Crippen molar-refractivity contribution in [2.45, 2.75) is 13.0 Å². The number of rotatable bonds is 3. The van der Waals surface area contributed by atoms with Gasteiger partial charge in [0.2, 0.25) is 0 Å². The lowest BCUT2D eigenvalue weighted by atomic mass is 10.1. The largest absolute Gasteiger partial charge is 0.375 e. The summed E-state index contributed by atoms with van der Waals surface area (Å²) in [5.41, 5.74) is 3.24. The quantitative estimate of drug-likeness (QED) is 0.640. The highest BCUT2D eigenvalue weighted by molar-refractivity contribution is 7.00. The molecular formula is C14H10Cl3N3S.